The molecule has 1 fully saturated rings. The van der Waals surface area contributed by atoms with Crippen LogP contribution in [-0.4, -0.2) is 54.7 Å². The van der Waals surface area contributed by atoms with Crippen LogP contribution < -0.4 is 0 Å². The van der Waals surface area contributed by atoms with Crippen molar-refractivity contribution < 1.29 is 43.1 Å². The summed E-state index contributed by atoms with van der Waals surface area (Å²) >= 11 is 0. The lowest BCUT2D eigenvalue weighted by atomic mass is 10.0. The van der Waals surface area contributed by atoms with Crippen LogP contribution in [0.4, 0.5) is 0 Å². The second-order valence-corrected chi connectivity index (χ2v) is 11.9. The standard InChI is InChI=1S/C40H44O9/c41-36(42)23-13-14-24-37(43)45-28-34(44-25-30-15-5-1-6-16-30)38(46-26-31-17-7-2-8-18-31)39(47-27-32-19-9-3-10-20-32)35-29-48-40(49-35)33-21-11-4-12-22-33/h1-12,15-22,34-35,38-40H,13-14,23-29H2,(H,41,42). The molecule has 4 aromatic carbocycles. The smallest absolute Gasteiger partial charge is 0.305 e. The Morgan fingerprint density at radius 2 is 1.18 bits per heavy atom. The molecule has 258 valence electrons. The predicted octanol–water partition coefficient (Wildman–Crippen LogP) is 7.05. The molecule has 1 heterocycles. The lowest BCUT2D eigenvalue weighted by Crippen LogP contribution is -2.51. The first-order valence-corrected chi connectivity index (χ1v) is 16.7. The SMILES string of the molecule is O=C(O)CCCCC(=O)OCC(OCc1ccccc1)C(OCc1ccccc1)C(OCc1ccccc1)C1COC(c2ccccc2)O1. The Labute approximate surface area is 287 Å². The number of carbonyl (C=O) groups is 2. The first-order valence-electron chi connectivity index (χ1n) is 16.7. The number of carboxylic acid groups (broad SMARTS) is 1. The molecule has 0 aromatic heterocycles. The van der Waals surface area contributed by atoms with Crippen LogP contribution in [0.2, 0.25) is 0 Å². The maximum atomic E-state index is 12.9. The second kappa shape index (κ2) is 19.6. The molecule has 0 spiro atoms. The second-order valence-electron chi connectivity index (χ2n) is 11.9. The van der Waals surface area contributed by atoms with Crippen molar-refractivity contribution in [1.29, 1.82) is 0 Å². The van der Waals surface area contributed by atoms with Crippen molar-refractivity contribution in [3.63, 3.8) is 0 Å². The number of ether oxygens (including phenoxy) is 6. The molecular formula is C40H44O9. The van der Waals surface area contributed by atoms with Gasteiger partial charge in [0.25, 0.3) is 0 Å². The summed E-state index contributed by atoms with van der Waals surface area (Å²) in [4.78, 5) is 23.8. The van der Waals surface area contributed by atoms with Gasteiger partial charge >= 0.3 is 11.9 Å². The molecule has 4 aromatic rings. The number of hydrogen-bond acceptors (Lipinski definition) is 8. The van der Waals surface area contributed by atoms with Gasteiger partial charge in [0.1, 0.15) is 31.0 Å². The van der Waals surface area contributed by atoms with Gasteiger partial charge in [-0.25, -0.2) is 0 Å². The Morgan fingerprint density at radius 1 is 0.673 bits per heavy atom. The number of rotatable bonds is 20. The Hall–Kier alpha value is -4.38. The number of carboxylic acids is 1. The third-order valence-corrected chi connectivity index (χ3v) is 8.15. The highest BCUT2D eigenvalue weighted by atomic mass is 16.7. The summed E-state index contributed by atoms with van der Waals surface area (Å²) in [5.41, 5.74) is 3.77. The minimum atomic E-state index is -0.893. The Kier molecular flexibility index (Phi) is 14.3. The molecule has 0 radical (unpaired) electrons. The van der Waals surface area contributed by atoms with Gasteiger partial charge in [0.2, 0.25) is 0 Å². The average Bonchev–Trinajstić information content (AvgIpc) is 3.63. The van der Waals surface area contributed by atoms with Crippen LogP contribution in [0.25, 0.3) is 0 Å². The van der Waals surface area contributed by atoms with Gasteiger partial charge in [-0.05, 0) is 29.5 Å². The molecule has 5 rings (SSSR count). The molecule has 1 aliphatic heterocycles. The van der Waals surface area contributed by atoms with E-state index in [1.165, 1.54) is 0 Å². The van der Waals surface area contributed by atoms with Crippen LogP contribution in [0.1, 0.15) is 54.2 Å². The summed E-state index contributed by atoms with van der Waals surface area (Å²) in [5.74, 6) is -1.33. The van der Waals surface area contributed by atoms with E-state index in [1.807, 2.05) is 121 Å². The zero-order chi connectivity index (χ0) is 34.1. The van der Waals surface area contributed by atoms with E-state index in [4.69, 9.17) is 33.5 Å². The van der Waals surface area contributed by atoms with Gasteiger partial charge in [0.05, 0.1) is 26.4 Å². The van der Waals surface area contributed by atoms with Gasteiger partial charge < -0.3 is 33.5 Å². The fourth-order valence-electron chi connectivity index (χ4n) is 5.55. The van der Waals surface area contributed by atoms with Crippen LogP contribution in [0, 0.1) is 0 Å². The van der Waals surface area contributed by atoms with Crippen molar-refractivity contribution in [1.82, 2.24) is 0 Å². The summed E-state index contributed by atoms with van der Waals surface area (Å²) in [6.07, 6.45) is -2.43. The van der Waals surface area contributed by atoms with Crippen molar-refractivity contribution in [2.75, 3.05) is 13.2 Å². The molecule has 5 unspecified atom stereocenters. The third-order valence-electron chi connectivity index (χ3n) is 8.15. The Bertz CT molecular complexity index is 1520. The van der Waals surface area contributed by atoms with Crippen molar-refractivity contribution >= 4 is 11.9 Å². The summed E-state index contributed by atoms with van der Waals surface area (Å²) in [6.45, 7) is 0.916. The van der Waals surface area contributed by atoms with Crippen LogP contribution in [0.15, 0.2) is 121 Å². The van der Waals surface area contributed by atoms with E-state index in [9.17, 15) is 9.59 Å². The minimum absolute atomic E-state index is 0.000635. The van der Waals surface area contributed by atoms with E-state index in [0.29, 0.717) is 12.8 Å². The summed E-state index contributed by atoms with van der Waals surface area (Å²) in [7, 11) is 0. The van der Waals surface area contributed by atoms with E-state index in [-0.39, 0.29) is 45.9 Å². The van der Waals surface area contributed by atoms with E-state index in [2.05, 4.69) is 0 Å². The predicted molar refractivity (Wildman–Crippen MR) is 182 cm³/mol. The van der Waals surface area contributed by atoms with Crippen LogP contribution in [0.3, 0.4) is 0 Å². The molecule has 0 saturated carbocycles. The lowest BCUT2D eigenvalue weighted by molar-refractivity contribution is -0.197. The number of aliphatic carboxylic acids is 1. The number of hydrogen-bond donors (Lipinski definition) is 1. The summed E-state index contributed by atoms with van der Waals surface area (Å²) < 4.78 is 38.4. The van der Waals surface area contributed by atoms with Gasteiger partial charge in [0, 0.05) is 18.4 Å². The highest BCUT2D eigenvalue weighted by Crippen LogP contribution is 2.32. The molecule has 5 atom stereocenters. The van der Waals surface area contributed by atoms with Crippen molar-refractivity contribution in [2.24, 2.45) is 0 Å². The highest BCUT2D eigenvalue weighted by Gasteiger charge is 2.43. The quantitative estimate of drug-likeness (QED) is 0.0783. The van der Waals surface area contributed by atoms with E-state index >= 15 is 0 Å². The molecular weight excluding hydrogens is 624 g/mol. The Morgan fingerprint density at radius 3 is 1.76 bits per heavy atom. The maximum Gasteiger partial charge on any atom is 0.305 e. The van der Waals surface area contributed by atoms with Crippen molar-refractivity contribution in [2.45, 2.75) is 76.2 Å². The normalized spacial score (nSPS) is 17.6. The highest BCUT2D eigenvalue weighted by molar-refractivity contribution is 5.69. The number of benzene rings is 4. The fourth-order valence-corrected chi connectivity index (χ4v) is 5.55. The van der Waals surface area contributed by atoms with Crippen LogP contribution in [0.5, 0.6) is 0 Å². The molecule has 0 amide bonds. The van der Waals surface area contributed by atoms with Gasteiger partial charge in [-0.1, -0.05) is 121 Å². The third kappa shape index (κ3) is 11.9. The van der Waals surface area contributed by atoms with E-state index in [0.717, 1.165) is 22.3 Å². The Balaban J connectivity index is 1.42. The maximum absolute atomic E-state index is 12.9. The zero-order valence-corrected chi connectivity index (χ0v) is 27.5. The fraction of sp³-hybridized carbons (Fsp3) is 0.350. The number of esters is 1. The van der Waals surface area contributed by atoms with Gasteiger partial charge in [-0.2, -0.15) is 0 Å². The van der Waals surface area contributed by atoms with Gasteiger partial charge in [-0.3, -0.25) is 9.59 Å². The largest absolute Gasteiger partial charge is 0.481 e. The first kappa shape index (κ1) is 35.9. The zero-order valence-electron chi connectivity index (χ0n) is 27.5. The first-order chi connectivity index (χ1) is 24.0. The van der Waals surface area contributed by atoms with Crippen LogP contribution in [-0.2, 0) is 57.8 Å². The molecule has 1 N–H and O–H groups in total. The molecule has 1 saturated heterocycles. The van der Waals surface area contributed by atoms with E-state index < -0.39 is 42.6 Å². The molecule has 9 nitrogen and oxygen atoms in total. The molecule has 9 heteroatoms. The van der Waals surface area contributed by atoms with Gasteiger partial charge in [0.15, 0.2) is 6.29 Å². The minimum Gasteiger partial charge on any atom is -0.481 e. The molecule has 0 aliphatic carbocycles. The molecule has 49 heavy (non-hydrogen) atoms. The average molecular weight is 669 g/mol. The molecule has 0 bridgehead atoms. The lowest BCUT2D eigenvalue weighted by Gasteiger charge is -2.35. The monoisotopic (exact) mass is 668 g/mol. The summed E-state index contributed by atoms with van der Waals surface area (Å²) in [6, 6.07) is 39.1. The van der Waals surface area contributed by atoms with Crippen molar-refractivity contribution in [3.8, 4) is 0 Å². The van der Waals surface area contributed by atoms with Gasteiger partial charge in [-0.15, -0.1) is 0 Å². The number of carbonyl (C=O) groups excluding carboxylic acids is 1. The summed E-state index contributed by atoms with van der Waals surface area (Å²) in [5, 5.41) is 8.96. The molecule has 1 aliphatic rings. The topological polar surface area (TPSA) is 110 Å². The van der Waals surface area contributed by atoms with Crippen molar-refractivity contribution in [3.05, 3.63) is 144 Å². The van der Waals surface area contributed by atoms with Crippen LogP contribution >= 0.6 is 0 Å². The number of unbranched alkanes of at least 4 members (excludes halogenated alkanes) is 1. The van der Waals surface area contributed by atoms with E-state index in [1.54, 1.807) is 0 Å².